The van der Waals surface area contributed by atoms with Crippen molar-refractivity contribution in [2.24, 2.45) is 0 Å². The Kier molecular flexibility index (Phi) is 4.76. The Labute approximate surface area is 120 Å². The van der Waals surface area contributed by atoms with E-state index in [4.69, 9.17) is 9.47 Å². The molecule has 19 heavy (non-hydrogen) atoms. The van der Waals surface area contributed by atoms with Gasteiger partial charge in [0.05, 0.1) is 5.69 Å². The number of aromatic nitrogens is 2. The largest absolute Gasteiger partial charge is 0.381 e. The molecule has 0 bridgehead atoms. The summed E-state index contributed by atoms with van der Waals surface area (Å²) in [6, 6.07) is 0. The van der Waals surface area contributed by atoms with Crippen LogP contribution >= 0.6 is 15.9 Å². The highest BCUT2D eigenvalue weighted by Crippen LogP contribution is 2.33. The van der Waals surface area contributed by atoms with Gasteiger partial charge in [0.1, 0.15) is 15.9 Å². The van der Waals surface area contributed by atoms with Gasteiger partial charge in [-0.05, 0) is 22.4 Å². The van der Waals surface area contributed by atoms with Crippen LogP contribution in [0.5, 0.6) is 0 Å². The highest BCUT2D eigenvalue weighted by atomic mass is 79.9. The first-order valence-electron chi connectivity index (χ1n) is 6.55. The number of hydrogen-bond acceptors (Lipinski definition) is 4. The Hall–Kier alpha value is -0.720. The van der Waals surface area contributed by atoms with Crippen LogP contribution in [0, 0.1) is 0 Å². The molecule has 0 unspecified atom stereocenters. The molecule has 1 aliphatic rings. The minimum absolute atomic E-state index is 0.142. The molecule has 106 valence electrons. The van der Waals surface area contributed by atoms with Crippen LogP contribution in [0.4, 0.5) is 0 Å². The summed E-state index contributed by atoms with van der Waals surface area (Å²) >= 11 is 3.31. The summed E-state index contributed by atoms with van der Waals surface area (Å²) in [7, 11) is 1.66. The lowest BCUT2D eigenvalue weighted by Crippen LogP contribution is -2.39. The molecule has 1 aromatic heterocycles. The molecule has 0 spiro atoms. The fourth-order valence-electron chi connectivity index (χ4n) is 2.36. The molecular weight excluding hydrogens is 312 g/mol. The predicted octanol–water partition coefficient (Wildman–Crippen LogP) is 2.14. The Morgan fingerprint density at radius 3 is 2.74 bits per heavy atom. The number of nitrogens with one attached hydrogen (secondary N) is 1. The molecule has 6 heteroatoms. The van der Waals surface area contributed by atoms with Crippen molar-refractivity contribution >= 4 is 15.9 Å². The number of ether oxygens (including phenoxy) is 2. The molecule has 0 amide bonds. The number of hydrogen-bond donors (Lipinski definition) is 1. The summed E-state index contributed by atoms with van der Waals surface area (Å²) in [5, 5.41) is 0. The molecule has 1 aliphatic heterocycles. The summed E-state index contributed by atoms with van der Waals surface area (Å²) < 4.78 is 11.6. The number of H-pyrrole nitrogens is 1. The maximum atomic E-state index is 12.0. The van der Waals surface area contributed by atoms with Gasteiger partial charge in [0.2, 0.25) is 0 Å². The third kappa shape index (κ3) is 2.90. The molecule has 0 radical (unpaired) electrons. The highest BCUT2D eigenvalue weighted by molar-refractivity contribution is 9.10. The lowest BCUT2D eigenvalue weighted by molar-refractivity contribution is -0.100. The van der Waals surface area contributed by atoms with Gasteiger partial charge in [-0.2, -0.15) is 0 Å². The monoisotopic (exact) mass is 330 g/mol. The van der Waals surface area contributed by atoms with Gasteiger partial charge in [0, 0.05) is 33.2 Å². The van der Waals surface area contributed by atoms with Crippen LogP contribution in [0.15, 0.2) is 9.27 Å². The van der Waals surface area contributed by atoms with E-state index in [1.165, 1.54) is 0 Å². The van der Waals surface area contributed by atoms with Crippen LogP contribution in [0.3, 0.4) is 0 Å². The van der Waals surface area contributed by atoms with Crippen molar-refractivity contribution in [1.82, 2.24) is 9.97 Å². The fraction of sp³-hybridized carbons (Fsp3) is 0.692. The first-order valence-corrected chi connectivity index (χ1v) is 7.34. The molecule has 0 atom stereocenters. The van der Waals surface area contributed by atoms with Crippen LogP contribution in [-0.2, 0) is 21.5 Å². The van der Waals surface area contributed by atoms with Gasteiger partial charge in [-0.1, -0.05) is 13.3 Å². The summed E-state index contributed by atoms with van der Waals surface area (Å²) in [6.45, 7) is 3.31. The predicted molar refractivity (Wildman–Crippen MR) is 75.3 cm³/mol. The molecule has 1 fully saturated rings. The first kappa shape index (κ1) is 14.7. The Bertz CT molecular complexity index is 495. The Balaban J connectivity index is 2.45. The molecule has 0 aromatic carbocycles. The van der Waals surface area contributed by atoms with E-state index < -0.39 is 5.60 Å². The van der Waals surface area contributed by atoms with Crippen LogP contribution in [0.1, 0.15) is 37.7 Å². The van der Waals surface area contributed by atoms with Gasteiger partial charge < -0.3 is 14.5 Å². The molecule has 1 saturated heterocycles. The van der Waals surface area contributed by atoms with Crippen molar-refractivity contribution in [2.75, 3.05) is 20.3 Å². The first-order chi connectivity index (χ1) is 9.13. The van der Waals surface area contributed by atoms with E-state index in [-0.39, 0.29) is 5.56 Å². The van der Waals surface area contributed by atoms with E-state index in [9.17, 15) is 4.79 Å². The van der Waals surface area contributed by atoms with Gasteiger partial charge >= 0.3 is 0 Å². The number of rotatable bonds is 4. The Morgan fingerprint density at radius 2 is 2.16 bits per heavy atom. The van der Waals surface area contributed by atoms with E-state index >= 15 is 0 Å². The summed E-state index contributed by atoms with van der Waals surface area (Å²) in [5.74, 6) is 0.620. The minimum Gasteiger partial charge on any atom is -0.381 e. The minimum atomic E-state index is -0.527. The average Bonchev–Trinajstić information content (AvgIpc) is 2.44. The van der Waals surface area contributed by atoms with Crippen LogP contribution < -0.4 is 5.56 Å². The normalized spacial score (nSPS) is 18.5. The van der Waals surface area contributed by atoms with Crippen molar-refractivity contribution in [1.29, 1.82) is 0 Å². The molecule has 1 N–H and O–H groups in total. The van der Waals surface area contributed by atoms with Gasteiger partial charge in [-0.3, -0.25) is 4.79 Å². The third-order valence-corrected chi connectivity index (χ3v) is 4.36. The average molecular weight is 331 g/mol. The summed E-state index contributed by atoms with van der Waals surface area (Å²) in [6.07, 6.45) is 3.13. The van der Waals surface area contributed by atoms with Crippen molar-refractivity contribution in [2.45, 2.75) is 38.2 Å². The molecular formula is C13H19BrN2O3. The van der Waals surface area contributed by atoms with Gasteiger partial charge in [-0.15, -0.1) is 0 Å². The van der Waals surface area contributed by atoms with E-state index in [2.05, 4.69) is 32.8 Å². The number of methoxy groups -OCH3 is 1. The zero-order valence-electron chi connectivity index (χ0n) is 11.3. The molecule has 2 heterocycles. The lowest BCUT2D eigenvalue weighted by Gasteiger charge is -2.34. The summed E-state index contributed by atoms with van der Waals surface area (Å²) in [5.41, 5.74) is 0.126. The molecule has 0 saturated carbocycles. The van der Waals surface area contributed by atoms with Gasteiger partial charge in [-0.25, -0.2) is 4.98 Å². The smallest absolute Gasteiger partial charge is 0.265 e. The van der Waals surface area contributed by atoms with Crippen molar-refractivity contribution in [3.05, 3.63) is 26.3 Å². The number of aromatic amines is 1. The van der Waals surface area contributed by atoms with Crippen molar-refractivity contribution in [3.63, 3.8) is 0 Å². The molecule has 2 rings (SSSR count). The van der Waals surface area contributed by atoms with Crippen LogP contribution in [0.25, 0.3) is 0 Å². The maximum absolute atomic E-state index is 12.0. The topological polar surface area (TPSA) is 64.2 Å². The third-order valence-electron chi connectivity index (χ3n) is 3.54. The quantitative estimate of drug-likeness (QED) is 0.918. The maximum Gasteiger partial charge on any atom is 0.265 e. The SMILES string of the molecule is CCCc1nc(C2(OC)CCOCC2)[nH]c(=O)c1Br. The van der Waals surface area contributed by atoms with Crippen LogP contribution in [-0.4, -0.2) is 30.3 Å². The van der Waals surface area contributed by atoms with Crippen molar-refractivity contribution in [3.8, 4) is 0 Å². The highest BCUT2D eigenvalue weighted by Gasteiger charge is 2.37. The molecule has 5 nitrogen and oxygen atoms in total. The van der Waals surface area contributed by atoms with E-state index in [1.54, 1.807) is 7.11 Å². The zero-order chi connectivity index (χ0) is 13.9. The van der Waals surface area contributed by atoms with Gasteiger partial charge in [0.25, 0.3) is 5.56 Å². The molecule has 1 aromatic rings. The molecule has 0 aliphatic carbocycles. The van der Waals surface area contributed by atoms with E-state index in [0.717, 1.165) is 18.5 Å². The van der Waals surface area contributed by atoms with E-state index in [0.29, 0.717) is 36.4 Å². The second kappa shape index (κ2) is 6.15. The van der Waals surface area contributed by atoms with E-state index in [1.807, 2.05) is 0 Å². The van der Waals surface area contributed by atoms with Gasteiger partial charge in [0.15, 0.2) is 0 Å². The lowest BCUT2D eigenvalue weighted by atomic mass is 9.93. The fourth-order valence-corrected chi connectivity index (χ4v) is 2.75. The standard InChI is InChI=1S/C13H19BrN2O3/c1-3-4-9-10(14)11(17)16-12(15-9)13(18-2)5-7-19-8-6-13/h3-8H2,1-2H3,(H,15,16,17). The Morgan fingerprint density at radius 1 is 1.47 bits per heavy atom. The number of nitrogens with zero attached hydrogens (tertiary/aromatic N) is 1. The summed E-state index contributed by atoms with van der Waals surface area (Å²) in [4.78, 5) is 19.5. The number of halogens is 1. The van der Waals surface area contributed by atoms with Crippen LogP contribution in [0.2, 0.25) is 0 Å². The zero-order valence-corrected chi connectivity index (χ0v) is 12.9. The second-order valence-electron chi connectivity index (χ2n) is 4.74. The second-order valence-corrected chi connectivity index (χ2v) is 5.53. The number of aryl methyl sites for hydroxylation is 1. The van der Waals surface area contributed by atoms with Crippen molar-refractivity contribution < 1.29 is 9.47 Å².